The molecular formula is C16H31NO. The van der Waals surface area contributed by atoms with Gasteiger partial charge >= 0.3 is 0 Å². The lowest BCUT2D eigenvalue weighted by molar-refractivity contribution is 0.0568. The van der Waals surface area contributed by atoms with Gasteiger partial charge in [0.05, 0.1) is 6.10 Å². The third-order valence-corrected chi connectivity index (χ3v) is 4.93. The van der Waals surface area contributed by atoms with Crippen molar-refractivity contribution in [2.24, 2.45) is 5.41 Å². The molecular weight excluding hydrogens is 222 g/mol. The molecule has 106 valence electrons. The zero-order valence-electron chi connectivity index (χ0n) is 12.3. The summed E-state index contributed by atoms with van der Waals surface area (Å²) < 4.78 is 5.86. The average Bonchev–Trinajstić information content (AvgIpc) is 3.13. The highest BCUT2D eigenvalue weighted by molar-refractivity contribution is 4.94. The molecule has 18 heavy (non-hydrogen) atoms. The summed E-state index contributed by atoms with van der Waals surface area (Å²) in [6.45, 7) is 6.73. The van der Waals surface area contributed by atoms with E-state index in [4.69, 9.17) is 4.74 Å². The summed E-state index contributed by atoms with van der Waals surface area (Å²) in [5.74, 6) is 0. The summed E-state index contributed by atoms with van der Waals surface area (Å²) in [7, 11) is 0. The van der Waals surface area contributed by atoms with E-state index in [0.29, 0.717) is 11.5 Å². The van der Waals surface area contributed by atoms with Gasteiger partial charge in [0.15, 0.2) is 0 Å². The molecule has 0 aromatic rings. The Bertz CT molecular complexity index is 239. The Morgan fingerprint density at radius 3 is 2.56 bits per heavy atom. The molecule has 1 aliphatic heterocycles. The molecule has 2 unspecified atom stereocenters. The van der Waals surface area contributed by atoms with Crippen molar-refractivity contribution in [1.29, 1.82) is 0 Å². The fourth-order valence-corrected chi connectivity index (χ4v) is 3.18. The van der Waals surface area contributed by atoms with E-state index in [1.807, 2.05) is 0 Å². The summed E-state index contributed by atoms with van der Waals surface area (Å²) in [5, 5.41) is 3.74. The van der Waals surface area contributed by atoms with E-state index < -0.39 is 0 Å². The molecule has 0 aromatic heterocycles. The minimum absolute atomic E-state index is 0.439. The number of hydrogen-bond acceptors (Lipinski definition) is 2. The van der Waals surface area contributed by atoms with Gasteiger partial charge in [0.25, 0.3) is 0 Å². The van der Waals surface area contributed by atoms with Crippen LogP contribution < -0.4 is 5.32 Å². The van der Waals surface area contributed by atoms with E-state index in [2.05, 4.69) is 19.2 Å². The van der Waals surface area contributed by atoms with Gasteiger partial charge in [-0.3, -0.25) is 0 Å². The first-order valence-electron chi connectivity index (χ1n) is 8.12. The molecule has 0 bridgehead atoms. The summed E-state index contributed by atoms with van der Waals surface area (Å²) in [5.41, 5.74) is 0.439. The maximum Gasteiger partial charge on any atom is 0.0616 e. The van der Waals surface area contributed by atoms with Gasteiger partial charge in [0.1, 0.15) is 0 Å². The third kappa shape index (κ3) is 3.96. The number of ether oxygens (including phenoxy) is 1. The van der Waals surface area contributed by atoms with Crippen molar-refractivity contribution < 1.29 is 4.74 Å². The molecule has 1 N–H and O–H groups in total. The third-order valence-electron chi connectivity index (χ3n) is 4.93. The van der Waals surface area contributed by atoms with Crippen LogP contribution in [0.2, 0.25) is 0 Å². The van der Waals surface area contributed by atoms with Crippen LogP contribution >= 0.6 is 0 Å². The standard InChI is InChI=1S/C16H31NO/c1-3-4-5-6-7-10-16(11-12-18-14(16)2)13-17-15-8-9-15/h14-15,17H,3-13H2,1-2H3. The number of unbranched alkanes of at least 4 members (excludes halogenated alkanes) is 4. The fraction of sp³-hybridized carbons (Fsp3) is 1.00. The van der Waals surface area contributed by atoms with Crippen LogP contribution in [0.1, 0.15) is 71.6 Å². The van der Waals surface area contributed by atoms with Crippen LogP contribution in [-0.2, 0) is 4.74 Å². The highest BCUT2D eigenvalue weighted by Gasteiger charge is 2.41. The lowest BCUT2D eigenvalue weighted by Gasteiger charge is -2.33. The Morgan fingerprint density at radius 1 is 1.17 bits per heavy atom. The first kappa shape index (κ1) is 14.3. The van der Waals surface area contributed by atoms with Crippen molar-refractivity contribution in [1.82, 2.24) is 5.32 Å². The normalized spacial score (nSPS) is 32.0. The maximum absolute atomic E-state index is 5.86. The molecule has 0 aromatic carbocycles. The first-order valence-corrected chi connectivity index (χ1v) is 8.12. The topological polar surface area (TPSA) is 21.3 Å². The SMILES string of the molecule is CCCCCCCC1(CNC2CC2)CCOC1C. The lowest BCUT2D eigenvalue weighted by atomic mass is 9.77. The molecule has 2 heteroatoms. The molecule has 1 saturated heterocycles. The predicted octanol–water partition coefficient (Wildman–Crippen LogP) is 3.89. The molecule has 0 radical (unpaired) electrons. The van der Waals surface area contributed by atoms with Crippen molar-refractivity contribution in [3.8, 4) is 0 Å². The van der Waals surface area contributed by atoms with Gasteiger partial charge in [-0.2, -0.15) is 0 Å². The van der Waals surface area contributed by atoms with Crippen molar-refractivity contribution in [2.75, 3.05) is 13.2 Å². The van der Waals surface area contributed by atoms with E-state index >= 15 is 0 Å². The summed E-state index contributed by atoms with van der Waals surface area (Å²) in [6, 6.07) is 0.828. The molecule has 2 rings (SSSR count). The summed E-state index contributed by atoms with van der Waals surface area (Å²) in [6.07, 6.45) is 12.8. The van der Waals surface area contributed by atoms with Crippen molar-refractivity contribution in [3.63, 3.8) is 0 Å². The Kier molecular flexibility index (Phi) is 5.50. The zero-order chi connectivity index (χ0) is 12.8. The number of nitrogens with one attached hydrogen (secondary N) is 1. The van der Waals surface area contributed by atoms with Crippen LogP contribution in [0.25, 0.3) is 0 Å². The van der Waals surface area contributed by atoms with Gasteiger partial charge in [0.2, 0.25) is 0 Å². The summed E-state index contributed by atoms with van der Waals surface area (Å²) in [4.78, 5) is 0. The van der Waals surface area contributed by atoms with E-state index in [1.54, 1.807) is 0 Å². The first-order chi connectivity index (χ1) is 8.77. The molecule has 2 atom stereocenters. The molecule has 2 aliphatic rings. The van der Waals surface area contributed by atoms with E-state index in [9.17, 15) is 0 Å². The second-order valence-electron chi connectivity index (χ2n) is 6.44. The summed E-state index contributed by atoms with van der Waals surface area (Å²) >= 11 is 0. The molecule has 1 aliphatic carbocycles. The Morgan fingerprint density at radius 2 is 1.94 bits per heavy atom. The van der Waals surface area contributed by atoms with Crippen molar-refractivity contribution >= 4 is 0 Å². The average molecular weight is 253 g/mol. The minimum atomic E-state index is 0.439. The van der Waals surface area contributed by atoms with Gasteiger partial charge in [-0.05, 0) is 32.6 Å². The van der Waals surface area contributed by atoms with Crippen LogP contribution in [0, 0.1) is 5.41 Å². The zero-order valence-corrected chi connectivity index (χ0v) is 12.3. The minimum Gasteiger partial charge on any atom is -0.378 e. The Hall–Kier alpha value is -0.0800. The van der Waals surface area contributed by atoms with Crippen LogP contribution in [-0.4, -0.2) is 25.3 Å². The number of rotatable bonds is 9. The molecule has 0 spiro atoms. The van der Waals surface area contributed by atoms with Crippen LogP contribution in [0.3, 0.4) is 0 Å². The monoisotopic (exact) mass is 253 g/mol. The van der Waals surface area contributed by atoms with Crippen molar-refractivity contribution in [3.05, 3.63) is 0 Å². The fourth-order valence-electron chi connectivity index (χ4n) is 3.18. The maximum atomic E-state index is 5.86. The quantitative estimate of drug-likeness (QED) is 0.629. The van der Waals surface area contributed by atoms with E-state index in [-0.39, 0.29) is 0 Å². The van der Waals surface area contributed by atoms with Crippen LogP contribution in [0.4, 0.5) is 0 Å². The lowest BCUT2D eigenvalue weighted by Crippen LogP contribution is -2.40. The van der Waals surface area contributed by atoms with E-state index in [1.165, 1.54) is 64.3 Å². The second-order valence-corrected chi connectivity index (χ2v) is 6.44. The van der Waals surface area contributed by atoms with Gasteiger partial charge < -0.3 is 10.1 Å². The number of hydrogen-bond donors (Lipinski definition) is 1. The molecule has 2 nitrogen and oxygen atoms in total. The largest absolute Gasteiger partial charge is 0.378 e. The van der Waals surface area contributed by atoms with Gasteiger partial charge in [-0.25, -0.2) is 0 Å². The second kappa shape index (κ2) is 6.91. The smallest absolute Gasteiger partial charge is 0.0616 e. The van der Waals surface area contributed by atoms with Crippen LogP contribution in [0.15, 0.2) is 0 Å². The van der Waals surface area contributed by atoms with Gasteiger partial charge in [-0.1, -0.05) is 39.0 Å². The molecule has 1 saturated carbocycles. The van der Waals surface area contributed by atoms with Gasteiger partial charge in [-0.15, -0.1) is 0 Å². The Labute approximate surface area is 113 Å². The molecule has 2 fully saturated rings. The van der Waals surface area contributed by atoms with Gasteiger partial charge in [0, 0.05) is 24.6 Å². The van der Waals surface area contributed by atoms with Crippen molar-refractivity contribution in [2.45, 2.75) is 83.8 Å². The predicted molar refractivity (Wildman–Crippen MR) is 76.9 cm³/mol. The highest BCUT2D eigenvalue weighted by atomic mass is 16.5. The Balaban J connectivity index is 1.72. The van der Waals surface area contributed by atoms with Crippen LogP contribution in [0.5, 0.6) is 0 Å². The van der Waals surface area contributed by atoms with E-state index in [0.717, 1.165) is 12.6 Å². The molecule has 1 heterocycles. The molecule has 0 amide bonds. The highest BCUT2D eigenvalue weighted by Crippen LogP contribution is 2.40.